The zero-order valence-electron chi connectivity index (χ0n) is 30.3. The lowest BCUT2D eigenvalue weighted by molar-refractivity contribution is 0.281. The van der Waals surface area contributed by atoms with E-state index in [1.807, 2.05) is 146 Å². The number of aliphatic hydroxyl groups excluding tert-OH is 4. The largest absolute Gasteiger partial charge is 0.392 e. The van der Waals surface area contributed by atoms with Crippen LogP contribution < -0.4 is 0 Å². The Morgan fingerprint density at radius 3 is 0.643 bits per heavy atom. The number of aliphatic hydroxyl groups is 4. The van der Waals surface area contributed by atoms with Crippen LogP contribution in [0.1, 0.15) is 44.5 Å². The van der Waals surface area contributed by atoms with E-state index in [2.05, 4.69) is 0 Å². The van der Waals surface area contributed by atoms with Crippen LogP contribution in [0, 0.1) is 0 Å². The number of fused-ring (bicyclic) bond motifs is 4. The maximum atomic E-state index is 9.83. The number of aliphatic imine (C=N–C) groups is 4. The predicted octanol–water partition coefficient (Wildman–Crippen LogP) is 7.66. The Morgan fingerprint density at radius 2 is 0.464 bits per heavy atom. The van der Waals surface area contributed by atoms with Gasteiger partial charge in [0.25, 0.3) is 0 Å². The molecule has 4 aromatic rings. The van der Waals surface area contributed by atoms with Gasteiger partial charge in [-0.25, -0.2) is 20.0 Å². The number of hydrogen-bond acceptors (Lipinski definition) is 8. The second-order valence-electron chi connectivity index (χ2n) is 13.8. The fourth-order valence-corrected chi connectivity index (χ4v) is 7.38. The van der Waals surface area contributed by atoms with E-state index < -0.39 is 0 Å². The number of allylic oxidation sites excluding steroid dienone is 12. The first-order valence-electron chi connectivity index (χ1n) is 18.4. The van der Waals surface area contributed by atoms with E-state index in [0.717, 1.165) is 112 Å². The number of benzene rings is 4. The van der Waals surface area contributed by atoms with Gasteiger partial charge in [-0.05, 0) is 93.1 Å². The minimum atomic E-state index is -0.0652. The fourth-order valence-electron chi connectivity index (χ4n) is 7.38. The first-order chi connectivity index (χ1) is 27.5. The third-order valence-electron chi connectivity index (χ3n) is 10.3. The second kappa shape index (κ2) is 14.9. The van der Waals surface area contributed by atoms with E-state index in [1.165, 1.54) is 0 Å². The molecule has 0 spiro atoms. The summed E-state index contributed by atoms with van der Waals surface area (Å²) in [6.45, 7) is -0.261. The van der Waals surface area contributed by atoms with Crippen molar-refractivity contribution in [2.75, 3.05) is 0 Å². The molecule has 0 atom stereocenters. The summed E-state index contributed by atoms with van der Waals surface area (Å²) in [5.41, 5.74) is 15.9. The van der Waals surface area contributed by atoms with E-state index in [9.17, 15) is 20.4 Å². The second-order valence-corrected chi connectivity index (χ2v) is 13.8. The molecule has 5 aliphatic heterocycles. The first-order valence-corrected chi connectivity index (χ1v) is 18.4. The van der Waals surface area contributed by atoms with Gasteiger partial charge >= 0.3 is 0 Å². The van der Waals surface area contributed by atoms with Gasteiger partial charge in [-0.1, -0.05) is 97.1 Å². The monoisotopic (exact) mass is 732 g/mol. The summed E-state index contributed by atoms with van der Waals surface area (Å²) in [5.74, 6) is 0. The topological polar surface area (TPSA) is 130 Å². The van der Waals surface area contributed by atoms with Gasteiger partial charge in [0.1, 0.15) is 0 Å². The van der Waals surface area contributed by atoms with Crippen LogP contribution in [0.25, 0.3) is 22.3 Å². The van der Waals surface area contributed by atoms with Gasteiger partial charge in [0, 0.05) is 22.3 Å². The van der Waals surface area contributed by atoms with Crippen LogP contribution in [0.4, 0.5) is 0 Å². The Balaban J connectivity index is 1.34. The maximum Gasteiger partial charge on any atom is 0.0738 e. The van der Waals surface area contributed by atoms with Crippen molar-refractivity contribution in [3.05, 3.63) is 213 Å². The van der Waals surface area contributed by atoms with E-state index in [1.54, 1.807) is 0 Å². The quantitative estimate of drug-likeness (QED) is 0.148. The summed E-state index contributed by atoms with van der Waals surface area (Å²) < 4.78 is 0. The third-order valence-corrected chi connectivity index (χ3v) is 10.3. The van der Waals surface area contributed by atoms with E-state index >= 15 is 0 Å². The minimum Gasteiger partial charge on any atom is -0.392 e. The smallest absolute Gasteiger partial charge is 0.0738 e. The van der Waals surface area contributed by atoms with Crippen molar-refractivity contribution in [1.82, 2.24) is 0 Å². The van der Waals surface area contributed by atoms with Crippen molar-refractivity contribution in [3.8, 4) is 0 Å². The summed E-state index contributed by atoms with van der Waals surface area (Å²) in [7, 11) is 0. The molecule has 0 aliphatic carbocycles. The summed E-state index contributed by atoms with van der Waals surface area (Å²) in [6.07, 6.45) is 16.0. The predicted molar refractivity (Wildman–Crippen MR) is 223 cm³/mol. The molecule has 0 saturated heterocycles. The van der Waals surface area contributed by atoms with Gasteiger partial charge in [0.2, 0.25) is 0 Å². The number of rotatable bonds is 8. The number of hydrogen-bond donors (Lipinski definition) is 4. The van der Waals surface area contributed by atoms with Crippen molar-refractivity contribution in [2.45, 2.75) is 26.4 Å². The standard InChI is InChI=1S/C48H36N4O4/c53-25-29-1-9-33(10-2-29)45-37-17-19-39(49-37)46(34-11-3-30(26-54)4-12-34)41-21-23-43(51-41)48(36-15-7-32(28-56)8-16-36)44-24-22-42(52-44)47(40-20-18-38(45)50-40)35-13-5-31(27-55)6-14-35/h1-24,53-56H,25-28H2. The average molecular weight is 733 g/mol. The van der Waals surface area contributed by atoms with Crippen LogP contribution >= 0.6 is 0 Å². The molecule has 9 rings (SSSR count). The molecular weight excluding hydrogens is 697 g/mol. The molecule has 0 amide bonds. The molecule has 0 aromatic heterocycles. The van der Waals surface area contributed by atoms with Crippen LogP contribution in [-0.2, 0) is 26.4 Å². The molecule has 0 unspecified atom stereocenters. The zero-order valence-corrected chi connectivity index (χ0v) is 30.3. The molecular formula is C48H36N4O4. The Morgan fingerprint density at radius 1 is 0.268 bits per heavy atom. The molecule has 5 aliphatic rings. The Bertz CT molecular complexity index is 2280. The molecule has 4 aromatic carbocycles. The molecule has 0 fully saturated rings. The highest BCUT2D eigenvalue weighted by atomic mass is 16.3. The lowest BCUT2D eigenvalue weighted by Crippen LogP contribution is -2.04. The molecule has 8 heteroatoms. The highest BCUT2D eigenvalue weighted by molar-refractivity contribution is 6.39. The molecule has 8 bridgehead atoms. The van der Waals surface area contributed by atoms with Crippen molar-refractivity contribution in [3.63, 3.8) is 0 Å². The van der Waals surface area contributed by atoms with Crippen molar-refractivity contribution in [1.29, 1.82) is 0 Å². The van der Waals surface area contributed by atoms with Crippen LogP contribution in [0.2, 0.25) is 0 Å². The van der Waals surface area contributed by atoms with Gasteiger partial charge in [0.15, 0.2) is 0 Å². The van der Waals surface area contributed by atoms with Crippen molar-refractivity contribution >= 4 is 45.1 Å². The Labute approximate surface area is 324 Å². The first kappa shape index (κ1) is 35.0. The van der Waals surface area contributed by atoms with Crippen LogP contribution in [0.15, 0.2) is 188 Å². The molecule has 8 nitrogen and oxygen atoms in total. The van der Waals surface area contributed by atoms with Gasteiger partial charge in [0.05, 0.1) is 72.1 Å². The Hall–Kier alpha value is -6.68. The number of nitrogens with zero attached hydrogens (tertiary/aromatic N) is 4. The van der Waals surface area contributed by atoms with Gasteiger partial charge in [-0.3, -0.25) is 0 Å². The van der Waals surface area contributed by atoms with Gasteiger partial charge < -0.3 is 20.4 Å². The third kappa shape index (κ3) is 6.46. The van der Waals surface area contributed by atoms with Crippen molar-refractivity contribution in [2.24, 2.45) is 20.0 Å². The summed E-state index contributed by atoms with van der Waals surface area (Å²) in [4.78, 5) is 21.1. The summed E-state index contributed by atoms with van der Waals surface area (Å²) in [6, 6.07) is 31.1. The van der Waals surface area contributed by atoms with Gasteiger partial charge in [-0.2, -0.15) is 0 Å². The van der Waals surface area contributed by atoms with E-state index in [0.29, 0.717) is 0 Å². The average Bonchev–Trinajstić information content (AvgIpc) is 4.10. The molecule has 56 heavy (non-hydrogen) atoms. The van der Waals surface area contributed by atoms with E-state index in [4.69, 9.17) is 20.0 Å². The van der Waals surface area contributed by atoms with Crippen LogP contribution in [-0.4, -0.2) is 43.3 Å². The Kier molecular flexibility index (Phi) is 9.30. The van der Waals surface area contributed by atoms with Crippen LogP contribution in [0.3, 0.4) is 0 Å². The van der Waals surface area contributed by atoms with Gasteiger partial charge in [-0.15, -0.1) is 0 Å². The summed E-state index contributed by atoms with van der Waals surface area (Å²) >= 11 is 0. The molecule has 4 N–H and O–H groups in total. The minimum absolute atomic E-state index is 0.0652. The van der Waals surface area contributed by atoms with Crippen molar-refractivity contribution < 1.29 is 20.4 Å². The van der Waals surface area contributed by atoms with Crippen LogP contribution in [0.5, 0.6) is 0 Å². The molecule has 0 saturated carbocycles. The molecule has 0 radical (unpaired) electrons. The maximum absolute atomic E-state index is 9.83. The molecule has 5 heterocycles. The normalized spacial score (nSPS) is 17.1. The highest BCUT2D eigenvalue weighted by Gasteiger charge is 2.27. The highest BCUT2D eigenvalue weighted by Crippen LogP contribution is 2.38. The zero-order chi connectivity index (χ0) is 38.2. The fraction of sp³-hybridized carbons (Fsp3) is 0.0833. The SMILES string of the molecule is OCc1ccc(C2=C3C=CC(=N3)C(c3ccc(CO)cc3)=C3C=CC(=N3)C(c3ccc(CO)cc3)=C3C=CC(=N3)C(c3ccc(CO)cc3)=C3C=CC2=N3)cc1. The lowest BCUT2D eigenvalue weighted by Gasteiger charge is -2.13. The lowest BCUT2D eigenvalue weighted by atomic mass is 9.97. The van der Waals surface area contributed by atoms with E-state index in [-0.39, 0.29) is 26.4 Å². The molecule has 272 valence electrons. The summed E-state index contributed by atoms with van der Waals surface area (Å²) in [5, 5.41) is 39.3.